The third kappa shape index (κ3) is 5.49. The maximum atomic E-state index is 5.30. The fraction of sp³-hybridized carbons (Fsp3) is 0. The van der Waals surface area contributed by atoms with Crippen molar-refractivity contribution < 1.29 is 0 Å². The molecule has 6 aromatic carbocycles. The van der Waals surface area contributed by atoms with Gasteiger partial charge in [0, 0.05) is 56.4 Å². The molecule has 0 fully saturated rings. The molecule has 4 heteroatoms. The average molecular weight is 639 g/mol. The molecule has 0 atom stereocenters. The first-order chi connectivity index (χ1) is 24.8. The van der Waals surface area contributed by atoms with Crippen LogP contribution in [0.15, 0.2) is 182 Å². The van der Waals surface area contributed by atoms with E-state index in [-0.39, 0.29) is 0 Å². The van der Waals surface area contributed by atoms with Gasteiger partial charge in [0.25, 0.3) is 0 Å². The van der Waals surface area contributed by atoms with Gasteiger partial charge in [-0.25, -0.2) is 15.0 Å². The summed E-state index contributed by atoms with van der Waals surface area (Å²) in [4.78, 5) is 19.7. The minimum absolute atomic E-state index is 0.707. The average Bonchev–Trinajstić information content (AvgIpc) is 3.21. The molecule has 9 rings (SSSR count). The van der Waals surface area contributed by atoms with Crippen LogP contribution in [0.4, 0.5) is 0 Å². The molecule has 0 aliphatic heterocycles. The SMILES string of the molecule is c1ccc(-c2cc(-c3ccc(-c4ccc5c(c4)nc(-c4ccccc4)c4cccc(-c6cccnc6)c45)cc3)nc(-c3ccccc3)n2)cc1. The molecule has 50 heavy (non-hydrogen) atoms. The second kappa shape index (κ2) is 12.7. The van der Waals surface area contributed by atoms with Gasteiger partial charge >= 0.3 is 0 Å². The first-order valence-electron chi connectivity index (χ1n) is 16.7. The smallest absolute Gasteiger partial charge is 0.160 e. The minimum atomic E-state index is 0.707. The Labute approximate surface area is 290 Å². The summed E-state index contributed by atoms with van der Waals surface area (Å²) in [5, 5.41) is 3.41. The van der Waals surface area contributed by atoms with Gasteiger partial charge in [0.05, 0.1) is 22.6 Å². The van der Waals surface area contributed by atoms with Gasteiger partial charge in [-0.3, -0.25) is 4.98 Å². The summed E-state index contributed by atoms with van der Waals surface area (Å²) in [5.74, 6) is 0.707. The van der Waals surface area contributed by atoms with Crippen LogP contribution in [-0.2, 0) is 0 Å². The highest BCUT2D eigenvalue weighted by molar-refractivity contribution is 6.17. The molecule has 0 aliphatic rings. The highest BCUT2D eigenvalue weighted by atomic mass is 14.9. The number of benzene rings is 6. The van der Waals surface area contributed by atoms with Crippen LogP contribution in [0.5, 0.6) is 0 Å². The summed E-state index contributed by atoms with van der Waals surface area (Å²) < 4.78 is 0. The first-order valence-corrected chi connectivity index (χ1v) is 16.7. The summed E-state index contributed by atoms with van der Waals surface area (Å²) >= 11 is 0. The van der Waals surface area contributed by atoms with E-state index in [1.54, 1.807) is 0 Å². The molecule has 0 bridgehead atoms. The molecule has 0 saturated carbocycles. The molecule has 0 aliphatic carbocycles. The highest BCUT2D eigenvalue weighted by Gasteiger charge is 2.16. The number of hydrogen-bond acceptors (Lipinski definition) is 4. The van der Waals surface area contributed by atoms with Crippen LogP contribution in [0.1, 0.15) is 0 Å². The van der Waals surface area contributed by atoms with Crippen molar-refractivity contribution in [1.29, 1.82) is 0 Å². The molecule has 0 spiro atoms. The third-order valence-electron chi connectivity index (χ3n) is 9.18. The number of rotatable bonds is 6. The van der Waals surface area contributed by atoms with E-state index in [2.05, 4.69) is 126 Å². The van der Waals surface area contributed by atoms with Gasteiger partial charge in [0.1, 0.15) is 0 Å². The van der Waals surface area contributed by atoms with Gasteiger partial charge in [0.2, 0.25) is 0 Å². The quantitative estimate of drug-likeness (QED) is 0.170. The number of fused-ring (bicyclic) bond motifs is 3. The largest absolute Gasteiger partial charge is 0.264 e. The van der Waals surface area contributed by atoms with Crippen molar-refractivity contribution in [2.75, 3.05) is 0 Å². The summed E-state index contributed by atoms with van der Waals surface area (Å²) in [6.45, 7) is 0. The summed E-state index contributed by atoms with van der Waals surface area (Å²) in [6, 6.07) is 58.8. The van der Waals surface area contributed by atoms with E-state index in [4.69, 9.17) is 15.0 Å². The summed E-state index contributed by atoms with van der Waals surface area (Å²) in [6.07, 6.45) is 3.75. The monoisotopic (exact) mass is 638 g/mol. The molecular formula is C46H30N4. The molecular weight excluding hydrogens is 609 g/mol. The Balaban J connectivity index is 1.16. The first kappa shape index (κ1) is 29.4. The molecule has 0 unspecified atom stereocenters. The molecule has 0 saturated heterocycles. The Morgan fingerprint density at radius 1 is 0.360 bits per heavy atom. The lowest BCUT2D eigenvalue weighted by molar-refractivity contribution is 1.18. The molecule has 0 amide bonds. The van der Waals surface area contributed by atoms with Crippen molar-refractivity contribution >= 4 is 21.7 Å². The fourth-order valence-corrected chi connectivity index (χ4v) is 6.72. The molecule has 234 valence electrons. The van der Waals surface area contributed by atoms with Gasteiger partial charge in [-0.1, -0.05) is 152 Å². The zero-order valence-electron chi connectivity index (χ0n) is 27.1. The van der Waals surface area contributed by atoms with Crippen LogP contribution in [0, 0.1) is 0 Å². The Morgan fingerprint density at radius 3 is 1.64 bits per heavy atom. The van der Waals surface area contributed by atoms with E-state index in [0.717, 1.165) is 77.9 Å². The number of pyridine rings is 2. The van der Waals surface area contributed by atoms with Crippen LogP contribution in [0.2, 0.25) is 0 Å². The van der Waals surface area contributed by atoms with Gasteiger partial charge < -0.3 is 0 Å². The number of nitrogens with zero attached hydrogens (tertiary/aromatic N) is 4. The van der Waals surface area contributed by atoms with Gasteiger partial charge in [-0.15, -0.1) is 0 Å². The van der Waals surface area contributed by atoms with Crippen molar-refractivity contribution in [3.63, 3.8) is 0 Å². The van der Waals surface area contributed by atoms with Crippen LogP contribution < -0.4 is 0 Å². The number of aromatic nitrogens is 4. The predicted molar refractivity (Wildman–Crippen MR) is 205 cm³/mol. The second-order valence-corrected chi connectivity index (χ2v) is 12.3. The predicted octanol–water partition coefficient (Wildman–Crippen LogP) is 11.6. The molecule has 9 aromatic rings. The highest BCUT2D eigenvalue weighted by Crippen LogP contribution is 2.39. The standard InChI is InChI=1S/C46H30N4/c1-4-12-32(13-5-1)41-29-42(50-46(49-41)35-16-8-3-9-17-35)33-23-21-31(22-24-33)36-25-26-39-43(28-36)48-45(34-14-6-2-7-15-34)40-20-10-19-38(44(39)40)37-18-11-27-47-30-37/h1-30H. The summed E-state index contributed by atoms with van der Waals surface area (Å²) in [5.41, 5.74) is 12.3. The summed E-state index contributed by atoms with van der Waals surface area (Å²) in [7, 11) is 0. The number of hydrogen-bond donors (Lipinski definition) is 0. The normalized spacial score (nSPS) is 11.2. The van der Waals surface area contributed by atoms with E-state index < -0.39 is 0 Å². The molecule has 3 heterocycles. The Hall–Kier alpha value is -6.78. The van der Waals surface area contributed by atoms with Crippen LogP contribution >= 0.6 is 0 Å². The van der Waals surface area contributed by atoms with E-state index in [0.29, 0.717) is 5.82 Å². The van der Waals surface area contributed by atoms with Gasteiger partial charge in [-0.05, 0) is 34.9 Å². The van der Waals surface area contributed by atoms with Crippen LogP contribution in [0.3, 0.4) is 0 Å². The van der Waals surface area contributed by atoms with Crippen LogP contribution in [0.25, 0.3) is 89.1 Å². The zero-order chi connectivity index (χ0) is 33.3. The van der Waals surface area contributed by atoms with E-state index in [9.17, 15) is 0 Å². The maximum Gasteiger partial charge on any atom is 0.160 e. The Bertz CT molecular complexity index is 2550. The molecule has 0 N–H and O–H groups in total. The fourth-order valence-electron chi connectivity index (χ4n) is 6.72. The second-order valence-electron chi connectivity index (χ2n) is 12.3. The molecule has 4 nitrogen and oxygen atoms in total. The topological polar surface area (TPSA) is 51.6 Å². The molecule has 3 aromatic heterocycles. The van der Waals surface area contributed by atoms with E-state index in [1.807, 2.05) is 60.9 Å². The van der Waals surface area contributed by atoms with Crippen molar-refractivity contribution in [2.24, 2.45) is 0 Å². The lowest BCUT2D eigenvalue weighted by Gasteiger charge is -2.15. The van der Waals surface area contributed by atoms with Crippen molar-refractivity contribution in [3.8, 4) is 67.4 Å². The minimum Gasteiger partial charge on any atom is -0.264 e. The Morgan fingerprint density at radius 2 is 0.960 bits per heavy atom. The van der Waals surface area contributed by atoms with Gasteiger partial charge in [-0.2, -0.15) is 0 Å². The maximum absolute atomic E-state index is 5.30. The van der Waals surface area contributed by atoms with Gasteiger partial charge in [0.15, 0.2) is 5.82 Å². The zero-order valence-corrected chi connectivity index (χ0v) is 27.1. The van der Waals surface area contributed by atoms with Crippen LogP contribution in [-0.4, -0.2) is 19.9 Å². The van der Waals surface area contributed by atoms with E-state index in [1.165, 1.54) is 5.39 Å². The lowest BCUT2D eigenvalue weighted by atomic mass is 9.92. The van der Waals surface area contributed by atoms with Crippen molar-refractivity contribution in [3.05, 3.63) is 182 Å². The molecule has 0 radical (unpaired) electrons. The Kier molecular flexibility index (Phi) is 7.45. The third-order valence-corrected chi connectivity index (χ3v) is 9.18. The van der Waals surface area contributed by atoms with E-state index >= 15 is 0 Å². The van der Waals surface area contributed by atoms with Crippen molar-refractivity contribution in [2.45, 2.75) is 0 Å². The van der Waals surface area contributed by atoms with Crippen molar-refractivity contribution in [1.82, 2.24) is 19.9 Å². The lowest BCUT2D eigenvalue weighted by Crippen LogP contribution is -1.95.